The fourth-order valence-electron chi connectivity index (χ4n) is 3.40. The number of rotatable bonds is 6. The quantitative estimate of drug-likeness (QED) is 0.572. The Labute approximate surface area is 189 Å². The zero-order chi connectivity index (χ0) is 24.3. The van der Waals surface area contributed by atoms with Crippen LogP contribution in [0.3, 0.4) is 0 Å². The first-order valence-corrected chi connectivity index (χ1v) is 10.2. The highest BCUT2D eigenvalue weighted by molar-refractivity contribution is 6.00. The Morgan fingerprint density at radius 3 is 2.27 bits per heavy atom. The van der Waals surface area contributed by atoms with Crippen molar-refractivity contribution in [3.63, 3.8) is 0 Å². The molecule has 1 aromatic carbocycles. The van der Waals surface area contributed by atoms with Crippen molar-refractivity contribution in [2.24, 2.45) is 0 Å². The fourth-order valence-corrected chi connectivity index (χ4v) is 3.40. The van der Waals surface area contributed by atoms with Crippen molar-refractivity contribution >= 4 is 17.5 Å². The maximum atomic E-state index is 12.8. The minimum absolute atomic E-state index is 0.151. The number of nitrogens with zero attached hydrogens (tertiary/aromatic N) is 3. The Balaban J connectivity index is 1.76. The van der Waals surface area contributed by atoms with E-state index >= 15 is 0 Å². The summed E-state index contributed by atoms with van der Waals surface area (Å²) in [6, 6.07) is 7.74. The van der Waals surface area contributed by atoms with Crippen LogP contribution in [-0.2, 0) is 11.0 Å². The number of pyridine rings is 1. The highest BCUT2D eigenvalue weighted by atomic mass is 19.4. The van der Waals surface area contributed by atoms with E-state index in [9.17, 15) is 22.8 Å². The SMILES string of the molecule is Cc1cccc(C)c1NC(=O)CNC(=O)c1cnn(-c2ccc(C(F)(F)F)cn2)c1C(C)C. The molecule has 0 aliphatic heterocycles. The molecule has 3 aromatic rings. The van der Waals surface area contributed by atoms with Crippen molar-refractivity contribution in [3.05, 3.63) is 70.7 Å². The molecular weight excluding hydrogens is 435 g/mol. The molecule has 7 nitrogen and oxygen atoms in total. The summed E-state index contributed by atoms with van der Waals surface area (Å²) in [6.45, 7) is 7.14. The molecule has 0 unspecified atom stereocenters. The van der Waals surface area contributed by atoms with Gasteiger partial charge in [-0.15, -0.1) is 0 Å². The predicted molar refractivity (Wildman–Crippen MR) is 117 cm³/mol. The first kappa shape index (κ1) is 24.0. The minimum atomic E-state index is -4.50. The van der Waals surface area contributed by atoms with Gasteiger partial charge in [-0.25, -0.2) is 9.67 Å². The van der Waals surface area contributed by atoms with Crippen molar-refractivity contribution in [1.29, 1.82) is 0 Å². The Bertz CT molecular complexity index is 1150. The highest BCUT2D eigenvalue weighted by Crippen LogP contribution is 2.29. The number of hydrogen-bond donors (Lipinski definition) is 2. The first-order chi connectivity index (χ1) is 15.5. The standard InChI is InChI=1S/C23H24F3N5O2/c1-13(2)21-17(11-29-31(21)18-9-8-16(10-27-18)23(24,25)26)22(33)28-12-19(32)30-20-14(3)6-5-7-15(20)4/h5-11,13H,12H2,1-4H3,(H,28,33)(H,30,32). The van der Waals surface area contributed by atoms with Crippen LogP contribution in [0.15, 0.2) is 42.7 Å². The van der Waals surface area contributed by atoms with Crippen molar-refractivity contribution in [2.75, 3.05) is 11.9 Å². The fraction of sp³-hybridized carbons (Fsp3) is 0.304. The highest BCUT2D eigenvalue weighted by Gasteiger charge is 2.31. The van der Waals surface area contributed by atoms with Crippen LogP contribution in [0.25, 0.3) is 5.82 Å². The van der Waals surface area contributed by atoms with E-state index in [-0.39, 0.29) is 29.8 Å². The Morgan fingerprint density at radius 2 is 1.73 bits per heavy atom. The first-order valence-electron chi connectivity index (χ1n) is 10.2. The number of aryl methyl sites for hydroxylation is 2. The summed E-state index contributed by atoms with van der Waals surface area (Å²) >= 11 is 0. The smallest absolute Gasteiger partial charge is 0.343 e. The Morgan fingerprint density at radius 1 is 1.06 bits per heavy atom. The largest absolute Gasteiger partial charge is 0.417 e. The molecule has 0 radical (unpaired) electrons. The Kier molecular flexibility index (Phi) is 6.85. The molecule has 10 heteroatoms. The molecular formula is C23H24F3N5O2. The molecule has 2 N–H and O–H groups in total. The third kappa shape index (κ3) is 5.39. The molecule has 0 fully saturated rings. The molecule has 0 aliphatic rings. The van der Waals surface area contributed by atoms with Crippen molar-refractivity contribution in [3.8, 4) is 5.82 Å². The average Bonchev–Trinajstić information content (AvgIpc) is 3.20. The third-order valence-corrected chi connectivity index (χ3v) is 5.05. The van der Waals surface area contributed by atoms with E-state index in [4.69, 9.17) is 0 Å². The topological polar surface area (TPSA) is 88.9 Å². The van der Waals surface area contributed by atoms with Gasteiger partial charge in [0.25, 0.3) is 5.91 Å². The molecule has 0 atom stereocenters. The lowest BCUT2D eigenvalue weighted by Gasteiger charge is -2.14. The summed E-state index contributed by atoms with van der Waals surface area (Å²) in [5.74, 6) is -0.948. The van der Waals surface area contributed by atoms with Gasteiger partial charge >= 0.3 is 6.18 Å². The van der Waals surface area contributed by atoms with Crippen LogP contribution in [0.5, 0.6) is 0 Å². The van der Waals surface area contributed by atoms with E-state index in [1.807, 2.05) is 45.9 Å². The van der Waals surface area contributed by atoms with Gasteiger partial charge < -0.3 is 10.6 Å². The number of anilines is 1. The number of halogens is 3. The third-order valence-electron chi connectivity index (χ3n) is 5.05. The number of carbonyl (C=O) groups is 2. The van der Waals surface area contributed by atoms with Gasteiger partial charge in [-0.1, -0.05) is 32.0 Å². The second-order valence-corrected chi connectivity index (χ2v) is 7.91. The van der Waals surface area contributed by atoms with Gasteiger partial charge in [0, 0.05) is 11.9 Å². The monoisotopic (exact) mass is 459 g/mol. The van der Waals surface area contributed by atoms with Gasteiger partial charge in [-0.3, -0.25) is 9.59 Å². The van der Waals surface area contributed by atoms with E-state index < -0.39 is 17.6 Å². The van der Waals surface area contributed by atoms with Gasteiger partial charge in [0.05, 0.1) is 29.6 Å². The second-order valence-electron chi connectivity index (χ2n) is 7.91. The molecule has 0 aliphatic carbocycles. The number of alkyl halides is 3. The molecule has 0 saturated heterocycles. The number of amides is 2. The average molecular weight is 459 g/mol. The van der Waals surface area contributed by atoms with Crippen LogP contribution in [-0.4, -0.2) is 33.1 Å². The molecule has 33 heavy (non-hydrogen) atoms. The van der Waals surface area contributed by atoms with Gasteiger partial charge in [0.2, 0.25) is 5.91 Å². The van der Waals surface area contributed by atoms with Crippen LogP contribution >= 0.6 is 0 Å². The van der Waals surface area contributed by atoms with Crippen molar-refractivity contribution < 1.29 is 22.8 Å². The van der Waals surface area contributed by atoms with Crippen molar-refractivity contribution in [1.82, 2.24) is 20.1 Å². The Hall–Kier alpha value is -3.69. The minimum Gasteiger partial charge on any atom is -0.343 e. The zero-order valence-electron chi connectivity index (χ0n) is 18.6. The van der Waals surface area contributed by atoms with Gasteiger partial charge in [-0.2, -0.15) is 18.3 Å². The van der Waals surface area contributed by atoms with Crippen LogP contribution in [0.4, 0.5) is 18.9 Å². The molecule has 3 rings (SSSR count). The molecule has 0 bridgehead atoms. The molecule has 2 amide bonds. The molecule has 2 aromatic heterocycles. The lowest BCUT2D eigenvalue weighted by atomic mass is 10.1. The summed E-state index contributed by atoms with van der Waals surface area (Å²) in [4.78, 5) is 29.0. The summed E-state index contributed by atoms with van der Waals surface area (Å²) < 4.78 is 39.8. The van der Waals surface area contributed by atoms with E-state index in [1.54, 1.807) is 0 Å². The molecule has 174 valence electrons. The summed E-state index contributed by atoms with van der Waals surface area (Å²) in [7, 11) is 0. The van der Waals surface area contributed by atoms with Crippen LogP contribution in [0, 0.1) is 13.8 Å². The number of carbonyl (C=O) groups excluding carboxylic acids is 2. The van der Waals surface area contributed by atoms with Crippen molar-refractivity contribution in [2.45, 2.75) is 39.8 Å². The van der Waals surface area contributed by atoms with E-state index in [0.29, 0.717) is 11.4 Å². The number of nitrogens with one attached hydrogen (secondary N) is 2. The molecule has 0 saturated carbocycles. The number of aromatic nitrogens is 3. The van der Waals surface area contributed by atoms with Gasteiger partial charge in [0.1, 0.15) is 0 Å². The summed E-state index contributed by atoms with van der Waals surface area (Å²) in [5, 5.41) is 9.52. The van der Waals surface area contributed by atoms with E-state index in [1.165, 1.54) is 16.9 Å². The predicted octanol–water partition coefficient (Wildman–Crippen LogP) is 4.39. The summed E-state index contributed by atoms with van der Waals surface area (Å²) in [5.41, 5.74) is 2.31. The van der Waals surface area contributed by atoms with Crippen LogP contribution < -0.4 is 10.6 Å². The van der Waals surface area contributed by atoms with E-state index in [0.717, 1.165) is 23.4 Å². The lowest BCUT2D eigenvalue weighted by molar-refractivity contribution is -0.137. The zero-order valence-corrected chi connectivity index (χ0v) is 18.6. The second kappa shape index (κ2) is 9.43. The normalized spacial score (nSPS) is 11.5. The van der Waals surface area contributed by atoms with Gasteiger partial charge in [-0.05, 0) is 43.0 Å². The molecule has 2 heterocycles. The lowest BCUT2D eigenvalue weighted by Crippen LogP contribution is -2.33. The van der Waals surface area contributed by atoms with Gasteiger partial charge in [0.15, 0.2) is 5.82 Å². The van der Waals surface area contributed by atoms with Crippen LogP contribution in [0.1, 0.15) is 52.5 Å². The summed E-state index contributed by atoms with van der Waals surface area (Å²) in [6.07, 6.45) is -2.47. The number of hydrogen-bond acceptors (Lipinski definition) is 4. The number of benzene rings is 1. The van der Waals surface area contributed by atoms with Crippen LogP contribution in [0.2, 0.25) is 0 Å². The number of para-hydroxylation sites is 1. The maximum absolute atomic E-state index is 12.8. The van der Waals surface area contributed by atoms with E-state index in [2.05, 4.69) is 20.7 Å². The maximum Gasteiger partial charge on any atom is 0.417 e. The molecule has 0 spiro atoms.